The monoisotopic (exact) mass is 439 g/mol. The van der Waals surface area contributed by atoms with E-state index in [1.165, 1.54) is 24.3 Å². The molecule has 2 aromatic carbocycles. The van der Waals surface area contributed by atoms with E-state index in [2.05, 4.69) is 10.6 Å². The number of nitrogens with one attached hydrogen (secondary N) is 2. The summed E-state index contributed by atoms with van der Waals surface area (Å²) in [7, 11) is 0. The number of urea groups is 1. The highest BCUT2D eigenvalue weighted by Crippen LogP contribution is 2.38. The van der Waals surface area contributed by atoms with Gasteiger partial charge in [0.1, 0.15) is 29.4 Å². The van der Waals surface area contributed by atoms with Crippen LogP contribution in [0, 0.1) is 11.7 Å². The Morgan fingerprint density at radius 2 is 1.78 bits per heavy atom. The standard InChI is InChI=1S/C24H26FN3O4/c1-16-4-2-3-13-24(16)22(30)28(23(31)27-24)15-21(29)26-14-17-5-9-19(10-6-17)32-20-11-7-18(25)8-12-20/h5-12,16H,2-4,13-15H2,1H3,(H,26,29)(H,27,31). The largest absolute Gasteiger partial charge is 0.457 e. The third kappa shape index (κ3) is 4.44. The number of imide groups is 1. The number of amides is 4. The van der Waals surface area contributed by atoms with E-state index in [0.717, 1.165) is 29.7 Å². The Labute approximate surface area is 185 Å². The zero-order valence-electron chi connectivity index (χ0n) is 17.9. The van der Waals surface area contributed by atoms with Gasteiger partial charge in [-0.2, -0.15) is 0 Å². The number of halogens is 1. The van der Waals surface area contributed by atoms with Gasteiger partial charge in [0.05, 0.1) is 0 Å². The molecule has 1 aliphatic carbocycles. The van der Waals surface area contributed by atoms with Gasteiger partial charge in [-0.05, 0) is 60.7 Å². The van der Waals surface area contributed by atoms with Crippen LogP contribution in [0.25, 0.3) is 0 Å². The van der Waals surface area contributed by atoms with Crippen LogP contribution in [-0.4, -0.2) is 34.8 Å². The zero-order chi connectivity index (χ0) is 22.7. The first-order valence-corrected chi connectivity index (χ1v) is 10.8. The maximum atomic E-state index is 13.0. The number of benzene rings is 2. The average Bonchev–Trinajstić information content (AvgIpc) is 3.02. The Kier molecular flexibility index (Phi) is 6.12. The van der Waals surface area contributed by atoms with Crippen molar-refractivity contribution in [2.45, 2.75) is 44.7 Å². The van der Waals surface area contributed by atoms with Crippen molar-refractivity contribution in [3.05, 3.63) is 59.9 Å². The highest BCUT2D eigenvalue weighted by atomic mass is 19.1. The normalized spacial score (nSPS) is 22.7. The minimum atomic E-state index is -0.865. The van der Waals surface area contributed by atoms with Gasteiger partial charge in [0, 0.05) is 6.54 Å². The van der Waals surface area contributed by atoms with Crippen molar-refractivity contribution in [2.75, 3.05) is 6.54 Å². The summed E-state index contributed by atoms with van der Waals surface area (Å²) in [6.07, 6.45) is 3.42. The molecule has 2 N–H and O–H groups in total. The molecular weight excluding hydrogens is 413 g/mol. The molecule has 1 heterocycles. The summed E-state index contributed by atoms with van der Waals surface area (Å²) in [5, 5.41) is 5.60. The minimum absolute atomic E-state index is 0.0522. The van der Waals surface area contributed by atoms with Crippen LogP contribution in [0.3, 0.4) is 0 Å². The van der Waals surface area contributed by atoms with Gasteiger partial charge in [0.25, 0.3) is 5.91 Å². The van der Waals surface area contributed by atoms with Gasteiger partial charge in [-0.25, -0.2) is 9.18 Å². The average molecular weight is 439 g/mol. The second-order valence-electron chi connectivity index (χ2n) is 8.42. The number of carbonyl (C=O) groups excluding carboxylic acids is 3. The van der Waals surface area contributed by atoms with Gasteiger partial charge >= 0.3 is 6.03 Å². The molecule has 1 saturated carbocycles. The summed E-state index contributed by atoms with van der Waals surface area (Å²) in [5.74, 6) is 0.119. The molecule has 4 rings (SSSR count). The van der Waals surface area contributed by atoms with Crippen molar-refractivity contribution in [1.82, 2.24) is 15.5 Å². The van der Waals surface area contributed by atoms with Crippen molar-refractivity contribution < 1.29 is 23.5 Å². The van der Waals surface area contributed by atoms with Crippen molar-refractivity contribution in [2.24, 2.45) is 5.92 Å². The lowest BCUT2D eigenvalue weighted by atomic mass is 9.73. The molecule has 2 aliphatic rings. The number of hydrogen-bond donors (Lipinski definition) is 2. The fourth-order valence-corrected chi connectivity index (χ4v) is 4.35. The van der Waals surface area contributed by atoms with Crippen molar-refractivity contribution in [3.63, 3.8) is 0 Å². The minimum Gasteiger partial charge on any atom is -0.457 e. The van der Waals surface area contributed by atoms with Crippen LogP contribution >= 0.6 is 0 Å². The molecule has 0 aromatic heterocycles. The molecule has 2 fully saturated rings. The van der Waals surface area contributed by atoms with E-state index >= 15 is 0 Å². The molecule has 168 valence electrons. The molecule has 1 saturated heterocycles. The Bertz CT molecular complexity index is 1010. The van der Waals surface area contributed by atoms with Gasteiger partial charge in [0.2, 0.25) is 5.91 Å². The number of nitrogens with zero attached hydrogens (tertiary/aromatic N) is 1. The van der Waals surface area contributed by atoms with Gasteiger partial charge in [-0.3, -0.25) is 14.5 Å². The van der Waals surface area contributed by atoms with Gasteiger partial charge in [-0.15, -0.1) is 0 Å². The molecule has 4 amide bonds. The summed E-state index contributed by atoms with van der Waals surface area (Å²) in [6, 6.07) is 12.3. The number of carbonyl (C=O) groups is 3. The van der Waals surface area contributed by atoms with Crippen molar-refractivity contribution in [3.8, 4) is 11.5 Å². The number of ether oxygens (including phenoxy) is 1. The van der Waals surface area contributed by atoms with Gasteiger partial charge in [-0.1, -0.05) is 31.9 Å². The van der Waals surface area contributed by atoms with E-state index in [9.17, 15) is 18.8 Å². The van der Waals surface area contributed by atoms with E-state index in [1.807, 2.05) is 6.92 Å². The van der Waals surface area contributed by atoms with Crippen LogP contribution < -0.4 is 15.4 Å². The van der Waals surface area contributed by atoms with Gasteiger partial charge < -0.3 is 15.4 Å². The lowest BCUT2D eigenvalue weighted by Gasteiger charge is -2.36. The molecule has 2 aromatic rings. The Morgan fingerprint density at radius 1 is 1.12 bits per heavy atom. The first kappa shape index (κ1) is 21.8. The third-order valence-electron chi connectivity index (χ3n) is 6.27. The summed E-state index contributed by atoms with van der Waals surface area (Å²) in [4.78, 5) is 38.8. The van der Waals surface area contributed by atoms with Crippen LogP contribution in [0.1, 0.15) is 38.2 Å². The quantitative estimate of drug-likeness (QED) is 0.672. The fraction of sp³-hybridized carbons (Fsp3) is 0.375. The summed E-state index contributed by atoms with van der Waals surface area (Å²) < 4.78 is 18.6. The lowest BCUT2D eigenvalue weighted by molar-refractivity contribution is -0.137. The van der Waals surface area contributed by atoms with E-state index in [0.29, 0.717) is 17.9 Å². The highest BCUT2D eigenvalue weighted by Gasteiger charge is 2.55. The Balaban J connectivity index is 1.30. The van der Waals surface area contributed by atoms with Crippen LogP contribution in [-0.2, 0) is 16.1 Å². The molecular formula is C24H26FN3O4. The second-order valence-corrected chi connectivity index (χ2v) is 8.42. The van der Waals surface area contributed by atoms with Crippen molar-refractivity contribution >= 4 is 17.8 Å². The molecule has 1 aliphatic heterocycles. The predicted molar refractivity (Wildman–Crippen MR) is 115 cm³/mol. The first-order chi connectivity index (χ1) is 15.4. The number of rotatable bonds is 6. The first-order valence-electron chi connectivity index (χ1n) is 10.8. The third-order valence-corrected chi connectivity index (χ3v) is 6.27. The Hall–Kier alpha value is -3.42. The van der Waals surface area contributed by atoms with E-state index < -0.39 is 17.5 Å². The number of hydrogen-bond acceptors (Lipinski definition) is 4. The predicted octanol–water partition coefficient (Wildman–Crippen LogP) is 3.73. The maximum Gasteiger partial charge on any atom is 0.325 e. The molecule has 7 nitrogen and oxygen atoms in total. The highest BCUT2D eigenvalue weighted by molar-refractivity contribution is 6.09. The van der Waals surface area contributed by atoms with Crippen LogP contribution in [0.5, 0.6) is 11.5 Å². The fourth-order valence-electron chi connectivity index (χ4n) is 4.35. The molecule has 2 atom stereocenters. The topological polar surface area (TPSA) is 87.7 Å². The molecule has 0 radical (unpaired) electrons. The molecule has 2 unspecified atom stereocenters. The molecule has 1 spiro atoms. The summed E-state index contributed by atoms with van der Waals surface area (Å²) in [6.45, 7) is 1.93. The summed E-state index contributed by atoms with van der Waals surface area (Å²) in [5.41, 5.74) is -0.0324. The maximum absolute atomic E-state index is 13.0. The molecule has 0 bridgehead atoms. The van der Waals surface area contributed by atoms with Crippen LogP contribution in [0.2, 0.25) is 0 Å². The van der Waals surface area contributed by atoms with Crippen LogP contribution in [0.4, 0.5) is 9.18 Å². The van der Waals surface area contributed by atoms with Gasteiger partial charge in [0.15, 0.2) is 0 Å². The zero-order valence-corrected chi connectivity index (χ0v) is 17.9. The molecule has 8 heteroatoms. The van der Waals surface area contributed by atoms with Crippen molar-refractivity contribution in [1.29, 1.82) is 0 Å². The Morgan fingerprint density at radius 3 is 2.44 bits per heavy atom. The second kappa shape index (κ2) is 8.98. The lowest BCUT2D eigenvalue weighted by Crippen LogP contribution is -2.54. The smallest absolute Gasteiger partial charge is 0.325 e. The molecule has 32 heavy (non-hydrogen) atoms. The van der Waals surface area contributed by atoms with E-state index in [1.54, 1.807) is 24.3 Å². The van der Waals surface area contributed by atoms with E-state index in [4.69, 9.17) is 4.74 Å². The summed E-state index contributed by atoms with van der Waals surface area (Å²) >= 11 is 0. The van der Waals surface area contributed by atoms with E-state index in [-0.39, 0.29) is 30.7 Å². The van der Waals surface area contributed by atoms with Crippen LogP contribution in [0.15, 0.2) is 48.5 Å². The SMILES string of the molecule is CC1CCCCC12NC(=O)N(CC(=O)NCc1ccc(Oc3ccc(F)cc3)cc1)C2=O.